The van der Waals surface area contributed by atoms with E-state index in [9.17, 15) is 4.79 Å². The maximum absolute atomic E-state index is 12.2. The molecule has 0 bridgehead atoms. The third kappa shape index (κ3) is 3.51. The second-order valence-corrected chi connectivity index (χ2v) is 5.75. The van der Waals surface area contributed by atoms with Crippen LogP contribution in [-0.4, -0.2) is 18.7 Å². The molecular formula is C15H20ClN3O. The summed E-state index contributed by atoms with van der Waals surface area (Å²) in [6, 6.07) is 3.12. The number of anilines is 1. The first-order valence-corrected chi connectivity index (χ1v) is 7.37. The molecule has 1 aromatic carbocycles. The summed E-state index contributed by atoms with van der Waals surface area (Å²) in [5, 5.41) is 10.7. The van der Waals surface area contributed by atoms with Crippen molar-refractivity contribution in [2.45, 2.75) is 32.1 Å². The van der Waals surface area contributed by atoms with E-state index in [1.807, 2.05) is 0 Å². The Labute approximate surface area is 124 Å². The van der Waals surface area contributed by atoms with Gasteiger partial charge in [-0.15, -0.1) is 0 Å². The fraction of sp³-hybridized carbons (Fsp3) is 0.467. The molecule has 0 aliphatic heterocycles. The monoisotopic (exact) mass is 293 g/mol. The van der Waals surface area contributed by atoms with Gasteiger partial charge in [0.05, 0.1) is 5.56 Å². The van der Waals surface area contributed by atoms with Gasteiger partial charge in [0, 0.05) is 29.0 Å². The minimum atomic E-state index is -0.205. The van der Waals surface area contributed by atoms with Crippen LogP contribution in [0.2, 0.25) is 5.02 Å². The van der Waals surface area contributed by atoms with Gasteiger partial charge in [-0.3, -0.25) is 4.79 Å². The lowest BCUT2D eigenvalue weighted by Gasteiger charge is -2.22. The third-order valence-electron chi connectivity index (χ3n) is 3.84. The number of hydrogen-bond acceptors (Lipinski definition) is 3. The maximum Gasteiger partial charge on any atom is 0.252 e. The summed E-state index contributed by atoms with van der Waals surface area (Å²) in [6.07, 6.45) is 7.24. The highest BCUT2D eigenvalue weighted by atomic mass is 35.5. The average Bonchev–Trinajstić information content (AvgIpc) is 2.45. The van der Waals surface area contributed by atoms with Crippen LogP contribution in [0.25, 0.3) is 0 Å². The number of carbonyl (C=O) groups excluding carboxylic acids is 1. The molecule has 1 aliphatic rings. The van der Waals surface area contributed by atoms with Crippen molar-refractivity contribution in [1.29, 1.82) is 5.41 Å². The van der Waals surface area contributed by atoms with Crippen LogP contribution in [0.4, 0.5) is 5.69 Å². The Hall–Kier alpha value is -1.55. The summed E-state index contributed by atoms with van der Waals surface area (Å²) in [5.74, 6) is 0.357. The molecule has 1 fully saturated rings. The minimum absolute atomic E-state index is 0.205. The van der Waals surface area contributed by atoms with Crippen LogP contribution in [0, 0.1) is 11.3 Å². The Kier molecular flexibility index (Phi) is 5.01. The molecule has 1 aromatic rings. The molecule has 2 rings (SSSR count). The highest BCUT2D eigenvalue weighted by Gasteiger charge is 2.17. The predicted molar refractivity (Wildman–Crippen MR) is 82.7 cm³/mol. The van der Waals surface area contributed by atoms with Crippen LogP contribution in [-0.2, 0) is 0 Å². The van der Waals surface area contributed by atoms with Gasteiger partial charge in [0.1, 0.15) is 0 Å². The van der Waals surface area contributed by atoms with E-state index in [1.54, 1.807) is 12.1 Å². The molecular weight excluding hydrogens is 274 g/mol. The molecule has 0 spiro atoms. The maximum atomic E-state index is 12.2. The lowest BCUT2D eigenvalue weighted by atomic mass is 9.89. The first-order chi connectivity index (χ1) is 9.61. The molecule has 5 heteroatoms. The number of rotatable bonds is 4. The number of nitrogen functional groups attached to an aromatic ring is 1. The number of nitrogens with two attached hydrogens (primary N) is 1. The van der Waals surface area contributed by atoms with Crippen molar-refractivity contribution >= 4 is 29.4 Å². The molecule has 0 unspecified atom stereocenters. The minimum Gasteiger partial charge on any atom is -0.398 e. The lowest BCUT2D eigenvalue weighted by Crippen LogP contribution is -2.31. The Morgan fingerprint density at radius 1 is 1.40 bits per heavy atom. The predicted octanol–water partition coefficient (Wildman–Crippen LogP) is 3.23. The quantitative estimate of drug-likeness (QED) is 0.588. The third-order valence-corrected chi connectivity index (χ3v) is 4.06. The first-order valence-electron chi connectivity index (χ1n) is 6.99. The second-order valence-electron chi connectivity index (χ2n) is 5.31. The summed E-state index contributed by atoms with van der Waals surface area (Å²) < 4.78 is 0. The van der Waals surface area contributed by atoms with Crippen LogP contribution in [0.15, 0.2) is 12.1 Å². The first kappa shape index (κ1) is 14.9. The molecule has 0 saturated heterocycles. The van der Waals surface area contributed by atoms with Crippen LogP contribution in [0.5, 0.6) is 0 Å². The number of amides is 1. The molecule has 20 heavy (non-hydrogen) atoms. The number of hydrogen-bond donors (Lipinski definition) is 3. The Bertz CT molecular complexity index is 510. The molecule has 1 aliphatic carbocycles. The molecule has 0 aromatic heterocycles. The van der Waals surface area contributed by atoms with Gasteiger partial charge < -0.3 is 16.5 Å². The van der Waals surface area contributed by atoms with Gasteiger partial charge in [0.25, 0.3) is 5.91 Å². The van der Waals surface area contributed by atoms with E-state index < -0.39 is 0 Å². The highest BCUT2D eigenvalue weighted by Crippen LogP contribution is 2.24. The number of halogens is 1. The standard InChI is InChI=1S/C15H20ClN3O/c16-11-6-12(13(8-17)14(18)7-11)15(20)19-9-10-4-2-1-3-5-10/h6-8,10,17H,1-5,9,18H2,(H,19,20). The normalized spacial score (nSPS) is 15.8. The van der Waals surface area contributed by atoms with Gasteiger partial charge in [-0.05, 0) is 30.9 Å². The molecule has 0 atom stereocenters. The van der Waals surface area contributed by atoms with Gasteiger partial charge in [-0.1, -0.05) is 30.9 Å². The smallest absolute Gasteiger partial charge is 0.252 e. The molecule has 4 N–H and O–H groups in total. The van der Waals surface area contributed by atoms with Crippen LogP contribution >= 0.6 is 11.6 Å². The van der Waals surface area contributed by atoms with Crippen LogP contribution in [0.1, 0.15) is 48.0 Å². The van der Waals surface area contributed by atoms with Crippen molar-refractivity contribution in [3.05, 3.63) is 28.3 Å². The SMILES string of the molecule is N=Cc1c(N)cc(Cl)cc1C(=O)NCC1CCCCC1. The Morgan fingerprint density at radius 2 is 2.10 bits per heavy atom. The van der Waals surface area contributed by atoms with Gasteiger partial charge in [-0.25, -0.2) is 0 Å². The highest BCUT2D eigenvalue weighted by molar-refractivity contribution is 6.31. The fourth-order valence-corrected chi connectivity index (χ4v) is 2.94. The van der Waals surface area contributed by atoms with Crippen molar-refractivity contribution < 1.29 is 4.79 Å². The van der Waals surface area contributed by atoms with E-state index >= 15 is 0 Å². The number of nitrogens with one attached hydrogen (secondary N) is 2. The van der Waals surface area contributed by atoms with Gasteiger partial charge in [-0.2, -0.15) is 0 Å². The lowest BCUT2D eigenvalue weighted by molar-refractivity contribution is 0.0943. The van der Waals surface area contributed by atoms with Crippen LogP contribution in [0.3, 0.4) is 0 Å². The van der Waals surface area contributed by atoms with Gasteiger partial charge >= 0.3 is 0 Å². The van der Waals surface area contributed by atoms with E-state index in [0.29, 0.717) is 34.3 Å². The molecule has 0 radical (unpaired) electrons. The fourth-order valence-electron chi connectivity index (χ4n) is 2.71. The summed E-state index contributed by atoms with van der Waals surface area (Å²) >= 11 is 5.94. The molecule has 0 heterocycles. The van der Waals surface area contributed by atoms with Crippen molar-refractivity contribution in [2.24, 2.45) is 5.92 Å². The van der Waals surface area contributed by atoms with Crippen molar-refractivity contribution in [2.75, 3.05) is 12.3 Å². The Morgan fingerprint density at radius 3 is 2.75 bits per heavy atom. The van der Waals surface area contributed by atoms with E-state index in [0.717, 1.165) is 6.21 Å². The van der Waals surface area contributed by atoms with Crippen LogP contribution < -0.4 is 11.1 Å². The zero-order chi connectivity index (χ0) is 14.5. The van der Waals surface area contributed by atoms with Crippen molar-refractivity contribution in [3.63, 3.8) is 0 Å². The number of benzene rings is 1. The average molecular weight is 294 g/mol. The molecule has 108 valence electrons. The second kappa shape index (κ2) is 6.75. The van der Waals surface area contributed by atoms with Crippen molar-refractivity contribution in [3.8, 4) is 0 Å². The summed E-state index contributed by atoms with van der Waals surface area (Å²) in [6.45, 7) is 0.683. The number of carbonyl (C=O) groups is 1. The van der Waals surface area contributed by atoms with E-state index in [1.165, 1.54) is 32.1 Å². The topological polar surface area (TPSA) is 79.0 Å². The molecule has 1 amide bonds. The Balaban J connectivity index is 2.06. The van der Waals surface area contributed by atoms with Gasteiger partial charge in [0.15, 0.2) is 0 Å². The molecule has 1 saturated carbocycles. The van der Waals surface area contributed by atoms with E-state index in [4.69, 9.17) is 22.7 Å². The summed E-state index contributed by atoms with van der Waals surface area (Å²) in [7, 11) is 0. The van der Waals surface area contributed by atoms with E-state index in [-0.39, 0.29) is 5.91 Å². The summed E-state index contributed by atoms with van der Waals surface area (Å²) in [4.78, 5) is 12.2. The van der Waals surface area contributed by atoms with E-state index in [2.05, 4.69) is 5.32 Å². The van der Waals surface area contributed by atoms with Crippen molar-refractivity contribution in [1.82, 2.24) is 5.32 Å². The zero-order valence-corrected chi connectivity index (χ0v) is 12.2. The zero-order valence-electron chi connectivity index (χ0n) is 11.4. The molecule has 4 nitrogen and oxygen atoms in total. The summed E-state index contributed by atoms with van der Waals surface area (Å²) in [5.41, 5.74) is 6.95. The largest absolute Gasteiger partial charge is 0.398 e. The van der Waals surface area contributed by atoms with Gasteiger partial charge in [0.2, 0.25) is 0 Å².